The Morgan fingerprint density at radius 1 is 1.32 bits per heavy atom. The molecule has 0 aromatic rings. The van der Waals surface area contributed by atoms with Gasteiger partial charge in [-0.3, -0.25) is 4.99 Å². The van der Waals surface area contributed by atoms with E-state index in [2.05, 4.69) is 24.2 Å². The second kappa shape index (κ2) is 5.65. The summed E-state index contributed by atoms with van der Waals surface area (Å²) in [6.45, 7) is 4.77. The highest BCUT2D eigenvalue weighted by atomic mass is 32.2. The Morgan fingerprint density at radius 2 is 2.11 bits per heavy atom. The van der Waals surface area contributed by atoms with Gasteiger partial charge in [0.05, 0.1) is 6.04 Å². The maximum atomic E-state index is 4.98. The van der Waals surface area contributed by atoms with Gasteiger partial charge in [0.15, 0.2) is 5.17 Å². The Morgan fingerprint density at radius 3 is 2.84 bits per heavy atom. The second-order valence-electron chi connectivity index (χ2n) is 6.87. The Kier molecular flexibility index (Phi) is 4.08. The molecule has 0 aromatic carbocycles. The van der Waals surface area contributed by atoms with Crippen LogP contribution >= 0.6 is 11.8 Å². The lowest BCUT2D eigenvalue weighted by Gasteiger charge is -2.35. The van der Waals surface area contributed by atoms with E-state index in [1.807, 2.05) is 11.8 Å². The maximum Gasteiger partial charge on any atom is 0.157 e. The summed E-state index contributed by atoms with van der Waals surface area (Å²) in [7, 11) is 2.21. The number of nitrogens with zero attached hydrogens (tertiary/aromatic N) is 2. The number of likely N-dealkylation sites (N-methyl/N-ethyl adjacent to an activating group) is 1. The first-order valence-electron chi connectivity index (χ1n) is 7.83. The zero-order valence-electron chi connectivity index (χ0n) is 12.3. The molecule has 1 unspecified atom stereocenters. The van der Waals surface area contributed by atoms with Crippen molar-refractivity contribution in [1.29, 1.82) is 0 Å². The van der Waals surface area contributed by atoms with E-state index in [0.717, 1.165) is 12.5 Å². The van der Waals surface area contributed by atoms with E-state index in [4.69, 9.17) is 4.99 Å². The summed E-state index contributed by atoms with van der Waals surface area (Å²) in [5.74, 6) is 2.16. The SMILES string of the molecule is CC1CCC2(CC1)CSC(=NC1CCCN(C)C1)N2. The minimum Gasteiger partial charge on any atom is -0.359 e. The first-order chi connectivity index (χ1) is 9.15. The molecule has 3 nitrogen and oxygen atoms in total. The predicted octanol–water partition coefficient (Wildman–Crippen LogP) is 2.72. The number of piperidine rings is 1. The highest BCUT2D eigenvalue weighted by Gasteiger charge is 2.39. The molecule has 1 saturated carbocycles. The number of aliphatic imine (C=N–C) groups is 1. The highest BCUT2D eigenvalue weighted by Crippen LogP contribution is 2.38. The summed E-state index contributed by atoms with van der Waals surface area (Å²) in [6, 6.07) is 0.520. The fraction of sp³-hybridized carbons (Fsp3) is 0.933. The number of amidine groups is 1. The van der Waals surface area contributed by atoms with Gasteiger partial charge in [-0.1, -0.05) is 18.7 Å². The second-order valence-corrected chi connectivity index (χ2v) is 7.83. The van der Waals surface area contributed by atoms with E-state index in [1.165, 1.54) is 56.0 Å². The number of nitrogens with one attached hydrogen (secondary N) is 1. The summed E-state index contributed by atoms with van der Waals surface area (Å²) in [5.41, 5.74) is 0.385. The van der Waals surface area contributed by atoms with Crippen LogP contribution in [0.4, 0.5) is 0 Å². The fourth-order valence-electron chi connectivity index (χ4n) is 3.57. The number of thioether (sulfide) groups is 1. The van der Waals surface area contributed by atoms with Gasteiger partial charge in [0.1, 0.15) is 0 Å². The lowest BCUT2D eigenvalue weighted by Crippen LogP contribution is -2.46. The van der Waals surface area contributed by atoms with Crippen LogP contribution in [0.3, 0.4) is 0 Å². The van der Waals surface area contributed by atoms with Crippen molar-refractivity contribution in [2.45, 2.75) is 57.0 Å². The van der Waals surface area contributed by atoms with Crippen molar-refractivity contribution in [2.75, 3.05) is 25.9 Å². The van der Waals surface area contributed by atoms with Crippen LogP contribution in [0.15, 0.2) is 4.99 Å². The average Bonchev–Trinajstić information content (AvgIpc) is 2.77. The standard InChI is InChI=1S/C15H27N3S/c1-12-5-7-15(8-6-12)11-19-14(17-15)16-13-4-3-9-18(2)10-13/h12-13H,3-11H2,1-2H3,(H,16,17). The molecule has 0 aromatic heterocycles. The number of rotatable bonds is 1. The van der Waals surface area contributed by atoms with Crippen LogP contribution < -0.4 is 5.32 Å². The minimum atomic E-state index is 0.385. The third kappa shape index (κ3) is 3.27. The van der Waals surface area contributed by atoms with Crippen LogP contribution in [0.2, 0.25) is 0 Å². The van der Waals surface area contributed by atoms with Crippen molar-refractivity contribution >= 4 is 16.9 Å². The van der Waals surface area contributed by atoms with Gasteiger partial charge in [0, 0.05) is 17.8 Å². The summed E-state index contributed by atoms with van der Waals surface area (Å²) in [5, 5.41) is 5.01. The van der Waals surface area contributed by atoms with Gasteiger partial charge in [-0.25, -0.2) is 0 Å². The molecule has 2 aliphatic heterocycles. The lowest BCUT2D eigenvalue weighted by atomic mass is 9.78. The smallest absolute Gasteiger partial charge is 0.157 e. The molecule has 1 atom stereocenters. The number of likely N-dealkylation sites (tertiary alicyclic amines) is 1. The summed E-state index contributed by atoms with van der Waals surface area (Å²) < 4.78 is 0. The Hall–Kier alpha value is -0.220. The summed E-state index contributed by atoms with van der Waals surface area (Å²) >= 11 is 1.96. The van der Waals surface area contributed by atoms with Crippen molar-refractivity contribution in [2.24, 2.45) is 10.9 Å². The van der Waals surface area contributed by atoms with Gasteiger partial charge in [-0.15, -0.1) is 0 Å². The van der Waals surface area contributed by atoms with Crippen molar-refractivity contribution in [3.8, 4) is 0 Å². The summed E-state index contributed by atoms with van der Waals surface area (Å²) in [4.78, 5) is 7.39. The number of hydrogen-bond acceptors (Lipinski definition) is 3. The van der Waals surface area contributed by atoms with Crippen molar-refractivity contribution in [3.05, 3.63) is 0 Å². The van der Waals surface area contributed by atoms with Crippen molar-refractivity contribution < 1.29 is 0 Å². The first kappa shape index (κ1) is 13.7. The molecule has 4 heteroatoms. The molecule has 2 heterocycles. The molecule has 1 aliphatic carbocycles. The molecule has 3 rings (SSSR count). The third-order valence-corrected chi connectivity index (χ3v) is 6.17. The molecule has 1 spiro atoms. The zero-order valence-corrected chi connectivity index (χ0v) is 13.1. The molecule has 0 radical (unpaired) electrons. The van der Waals surface area contributed by atoms with Gasteiger partial charge < -0.3 is 10.2 Å². The first-order valence-corrected chi connectivity index (χ1v) is 8.81. The Balaban J connectivity index is 1.59. The molecular weight excluding hydrogens is 254 g/mol. The van der Waals surface area contributed by atoms with Crippen LogP contribution in [-0.4, -0.2) is 47.5 Å². The molecule has 1 N–H and O–H groups in total. The molecule has 2 saturated heterocycles. The average molecular weight is 281 g/mol. The predicted molar refractivity (Wildman–Crippen MR) is 83.9 cm³/mol. The van der Waals surface area contributed by atoms with Crippen molar-refractivity contribution in [3.63, 3.8) is 0 Å². The quantitative estimate of drug-likeness (QED) is 0.801. The Labute approximate surface area is 121 Å². The lowest BCUT2D eigenvalue weighted by molar-refractivity contribution is 0.246. The van der Waals surface area contributed by atoms with E-state index in [-0.39, 0.29) is 0 Å². The molecule has 0 amide bonds. The fourth-order valence-corrected chi connectivity index (χ4v) is 4.86. The molecule has 3 fully saturated rings. The van der Waals surface area contributed by atoms with E-state index < -0.39 is 0 Å². The molecular formula is C15H27N3S. The van der Waals surface area contributed by atoms with E-state index >= 15 is 0 Å². The normalized spacial score (nSPS) is 42.7. The molecule has 3 aliphatic rings. The van der Waals surface area contributed by atoms with Crippen LogP contribution in [0.1, 0.15) is 45.4 Å². The molecule has 19 heavy (non-hydrogen) atoms. The van der Waals surface area contributed by atoms with Gasteiger partial charge in [0.2, 0.25) is 0 Å². The van der Waals surface area contributed by atoms with E-state index in [9.17, 15) is 0 Å². The van der Waals surface area contributed by atoms with Gasteiger partial charge in [0.25, 0.3) is 0 Å². The topological polar surface area (TPSA) is 27.6 Å². The monoisotopic (exact) mass is 281 g/mol. The van der Waals surface area contributed by atoms with Gasteiger partial charge in [-0.2, -0.15) is 0 Å². The van der Waals surface area contributed by atoms with Crippen LogP contribution in [0, 0.1) is 5.92 Å². The van der Waals surface area contributed by atoms with E-state index in [1.54, 1.807) is 0 Å². The Bertz CT molecular complexity index is 347. The summed E-state index contributed by atoms with van der Waals surface area (Å²) in [6.07, 6.45) is 8.00. The van der Waals surface area contributed by atoms with Gasteiger partial charge in [-0.05, 0) is 58.0 Å². The molecule has 0 bridgehead atoms. The number of hydrogen-bond donors (Lipinski definition) is 1. The van der Waals surface area contributed by atoms with Crippen molar-refractivity contribution in [1.82, 2.24) is 10.2 Å². The third-order valence-electron chi connectivity index (χ3n) is 4.99. The van der Waals surface area contributed by atoms with Crippen LogP contribution in [-0.2, 0) is 0 Å². The largest absolute Gasteiger partial charge is 0.359 e. The zero-order chi connectivity index (χ0) is 13.3. The van der Waals surface area contributed by atoms with Gasteiger partial charge >= 0.3 is 0 Å². The van der Waals surface area contributed by atoms with E-state index in [0.29, 0.717) is 11.6 Å². The van der Waals surface area contributed by atoms with Crippen LogP contribution in [0.25, 0.3) is 0 Å². The molecule has 108 valence electrons. The minimum absolute atomic E-state index is 0.385. The maximum absolute atomic E-state index is 4.98. The highest BCUT2D eigenvalue weighted by molar-refractivity contribution is 8.14. The van der Waals surface area contributed by atoms with Crippen LogP contribution in [0.5, 0.6) is 0 Å².